The molecule has 6 heteroatoms. The van der Waals surface area contributed by atoms with Crippen molar-refractivity contribution in [3.63, 3.8) is 0 Å². The van der Waals surface area contributed by atoms with E-state index in [1.807, 2.05) is 50.2 Å². The van der Waals surface area contributed by atoms with E-state index in [9.17, 15) is 0 Å². The van der Waals surface area contributed by atoms with Gasteiger partial charge in [-0.15, -0.1) is 11.3 Å². The van der Waals surface area contributed by atoms with Crippen LogP contribution >= 0.6 is 11.3 Å². The summed E-state index contributed by atoms with van der Waals surface area (Å²) in [4.78, 5) is 15.2. The Labute approximate surface area is 178 Å². The lowest BCUT2D eigenvalue weighted by molar-refractivity contribution is 0.614. The van der Waals surface area contributed by atoms with Crippen molar-refractivity contribution in [1.82, 2.24) is 19.9 Å². The van der Waals surface area contributed by atoms with Crippen LogP contribution in [0.3, 0.4) is 0 Å². The zero-order valence-corrected chi connectivity index (χ0v) is 17.9. The molecule has 5 nitrogen and oxygen atoms in total. The van der Waals surface area contributed by atoms with E-state index >= 15 is 0 Å². The van der Waals surface area contributed by atoms with Crippen LogP contribution in [0.4, 0.5) is 0 Å². The van der Waals surface area contributed by atoms with E-state index in [1.54, 1.807) is 23.8 Å². The fourth-order valence-corrected chi connectivity index (χ4v) is 4.02. The van der Waals surface area contributed by atoms with Gasteiger partial charge in [-0.05, 0) is 66.4 Å². The van der Waals surface area contributed by atoms with Gasteiger partial charge in [0.25, 0.3) is 0 Å². The van der Waals surface area contributed by atoms with Gasteiger partial charge in [0.05, 0.1) is 28.9 Å². The first-order valence-electron chi connectivity index (χ1n) is 9.57. The molecule has 6 aromatic rings. The molecule has 0 fully saturated rings. The molecule has 0 aliphatic heterocycles. The lowest BCUT2D eigenvalue weighted by Gasteiger charge is -1.91. The van der Waals surface area contributed by atoms with Crippen LogP contribution in [0.2, 0.25) is 0 Å². The Morgan fingerprint density at radius 3 is 2.17 bits per heavy atom. The zero-order valence-electron chi connectivity index (χ0n) is 17.1. The normalized spacial score (nSPS) is 10.5. The number of H-pyrrole nitrogens is 1. The van der Waals surface area contributed by atoms with Crippen molar-refractivity contribution in [3.05, 3.63) is 89.9 Å². The number of aromatic nitrogens is 4. The van der Waals surface area contributed by atoms with Crippen molar-refractivity contribution in [2.45, 2.75) is 20.8 Å². The SMILES string of the molecule is Cc1cncc2[nH]ccc12.Cc1cncc2occc12.Cc1cncc2sccc12. The molecule has 0 spiro atoms. The van der Waals surface area contributed by atoms with E-state index in [4.69, 9.17) is 4.42 Å². The number of nitrogens with zero attached hydrogens (tertiary/aromatic N) is 3. The van der Waals surface area contributed by atoms with Crippen molar-refractivity contribution in [2.24, 2.45) is 0 Å². The number of nitrogens with one attached hydrogen (secondary N) is 1. The number of furan rings is 1. The second kappa shape index (κ2) is 8.88. The largest absolute Gasteiger partial charge is 0.463 e. The predicted octanol–water partition coefficient (Wildman–Crippen LogP) is 6.61. The molecule has 0 unspecified atom stereocenters. The van der Waals surface area contributed by atoms with E-state index in [2.05, 4.69) is 51.3 Å². The summed E-state index contributed by atoms with van der Waals surface area (Å²) < 4.78 is 6.41. The molecule has 0 atom stereocenters. The first-order valence-corrected chi connectivity index (χ1v) is 10.4. The minimum absolute atomic E-state index is 0.861. The molecule has 6 aromatic heterocycles. The van der Waals surface area contributed by atoms with E-state index in [1.165, 1.54) is 26.6 Å². The Morgan fingerprint density at radius 1 is 0.733 bits per heavy atom. The Hall–Kier alpha value is -3.51. The number of thiophene rings is 1. The summed E-state index contributed by atoms with van der Waals surface area (Å²) in [6, 6.07) is 6.15. The molecule has 1 N–H and O–H groups in total. The third-order valence-electron chi connectivity index (χ3n) is 4.84. The maximum atomic E-state index is 5.14. The molecule has 6 heterocycles. The third-order valence-corrected chi connectivity index (χ3v) is 5.69. The highest BCUT2D eigenvalue weighted by Gasteiger charge is 1.98. The molecule has 0 aromatic carbocycles. The van der Waals surface area contributed by atoms with Gasteiger partial charge in [-0.25, -0.2) is 0 Å². The maximum absolute atomic E-state index is 5.14. The number of aromatic amines is 1. The molecule has 0 saturated carbocycles. The van der Waals surface area contributed by atoms with Crippen LogP contribution in [0.5, 0.6) is 0 Å². The number of pyridine rings is 3. The van der Waals surface area contributed by atoms with Gasteiger partial charge in [0, 0.05) is 41.8 Å². The number of fused-ring (bicyclic) bond motifs is 3. The molecule has 150 valence electrons. The molecular weight excluding hydrogens is 392 g/mol. The van der Waals surface area contributed by atoms with Crippen LogP contribution in [-0.4, -0.2) is 19.9 Å². The third kappa shape index (κ3) is 4.23. The van der Waals surface area contributed by atoms with Crippen molar-refractivity contribution in [1.29, 1.82) is 0 Å². The highest BCUT2D eigenvalue weighted by atomic mass is 32.1. The highest BCUT2D eigenvalue weighted by molar-refractivity contribution is 7.17. The molecule has 30 heavy (non-hydrogen) atoms. The quantitative estimate of drug-likeness (QED) is 0.303. The van der Waals surface area contributed by atoms with Gasteiger partial charge in [-0.2, -0.15) is 0 Å². The molecule has 0 amide bonds. The van der Waals surface area contributed by atoms with Gasteiger partial charge >= 0.3 is 0 Å². The molecule has 0 radical (unpaired) electrons. The van der Waals surface area contributed by atoms with E-state index in [0.717, 1.165) is 22.0 Å². The number of rotatable bonds is 0. The lowest BCUT2D eigenvalue weighted by Crippen LogP contribution is -1.76. The van der Waals surface area contributed by atoms with Crippen molar-refractivity contribution in [3.8, 4) is 0 Å². The number of hydrogen-bond acceptors (Lipinski definition) is 5. The van der Waals surface area contributed by atoms with Gasteiger partial charge in [0.2, 0.25) is 0 Å². The number of aryl methyl sites for hydroxylation is 3. The molecule has 0 aliphatic rings. The number of hydrogen-bond donors (Lipinski definition) is 1. The zero-order chi connectivity index (χ0) is 20.9. The average molecular weight is 415 g/mol. The summed E-state index contributed by atoms with van der Waals surface area (Å²) in [5, 5.41) is 5.84. The van der Waals surface area contributed by atoms with Gasteiger partial charge in [-0.3, -0.25) is 15.0 Å². The molecule has 0 saturated heterocycles. The topological polar surface area (TPSA) is 67.6 Å². The van der Waals surface area contributed by atoms with Crippen LogP contribution in [0.15, 0.2) is 77.6 Å². The van der Waals surface area contributed by atoms with Crippen molar-refractivity contribution in [2.75, 3.05) is 0 Å². The average Bonchev–Trinajstić information content (AvgIpc) is 3.50. The van der Waals surface area contributed by atoms with Crippen LogP contribution in [-0.2, 0) is 0 Å². The summed E-state index contributed by atoms with van der Waals surface area (Å²) in [6.45, 7) is 6.16. The van der Waals surface area contributed by atoms with E-state index in [-0.39, 0.29) is 0 Å². The monoisotopic (exact) mass is 414 g/mol. The van der Waals surface area contributed by atoms with Gasteiger partial charge in [-0.1, -0.05) is 0 Å². The van der Waals surface area contributed by atoms with Crippen molar-refractivity contribution >= 4 is 43.3 Å². The van der Waals surface area contributed by atoms with Crippen molar-refractivity contribution < 1.29 is 4.42 Å². The summed E-state index contributed by atoms with van der Waals surface area (Å²) in [6.07, 6.45) is 14.7. The molecular formula is C24H22N4OS. The Balaban J connectivity index is 0.000000109. The first kappa shape index (κ1) is 19.8. The van der Waals surface area contributed by atoms with E-state index < -0.39 is 0 Å². The Kier molecular flexibility index (Phi) is 5.86. The fourth-order valence-electron chi connectivity index (χ4n) is 3.19. The Bertz CT molecular complexity index is 1230. The summed E-state index contributed by atoms with van der Waals surface area (Å²) in [5.41, 5.74) is 5.61. The molecule has 0 bridgehead atoms. The molecule has 0 aliphatic carbocycles. The van der Waals surface area contributed by atoms with Crippen LogP contribution in [0.25, 0.3) is 32.0 Å². The standard InChI is InChI=1S/C8H8N2.C8H7NO.C8H7NS/c3*1-6-4-9-5-8-7(6)2-3-10-8/h2-5,10H,1H3;2*2-5H,1H3. The lowest BCUT2D eigenvalue weighted by atomic mass is 10.2. The molecule has 6 rings (SSSR count). The van der Waals surface area contributed by atoms with Crippen LogP contribution < -0.4 is 0 Å². The fraction of sp³-hybridized carbons (Fsp3) is 0.125. The highest BCUT2D eigenvalue weighted by Crippen LogP contribution is 2.21. The van der Waals surface area contributed by atoms with Gasteiger partial charge in [0.15, 0.2) is 5.58 Å². The van der Waals surface area contributed by atoms with Gasteiger partial charge in [0.1, 0.15) is 0 Å². The van der Waals surface area contributed by atoms with Crippen LogP contribution in [0.1, 0.15) is 16.7 Å². The first-order chi connectivity index (χ1) is 14.6. The van der Waals surface area contributed by atoms with Crippen LogP contribution in [0, 0.1) is 20.8 Å². The van der Waals surface area contributed by atoms with E-state index in [0.29, 0.717) is 0 Å². The maximum Gasteiger partial charge on any atom is 0.152 e. The minimum Gasteiger partial charge on any atom is -0.463 e. The smallest absolute Gasteiger partial charge is 0.152 e. The van der Waals surface area contributed by atoms with Gasteiger partial charge < -0.3 is 9.40 Å². The summed E-state index contributed by atoms with van der Waals surface area (Å²) in [5.74, 6) is 0. The second-order valence-electron chi connectivity index (χ2n) is 6.97. The summed E-state index contributed by atoms with van der Waals surface area (Å²) in [7, 11) is 0. The predicted molar refractivity (Wildman–Crippen MR) is 124 cm³/mol. The second-order valence-corrected chi connectivity index (χ2v) is 7.92. The summed E-state index contributed by atoms with van der Waals surface area (Å²) >= 11 is 1.74. The minimum atomic E-state index is 0.861. The Morgan fingerprint density at radius 2 is 1.43 bits per heavy atom.